The SMILES string of the molecule is CCOc1ccc(CCNC(=O)NC(C)(C)CC(C)(C)C)cc1OC. The summed E-state index contributed by atoms with van der Waals surface area (Å²) < 4.78 is 10.9. The molecule has 0 aliphatic heterocycles. The zero-order valence-electron chi connectivity index (χ0n) is 16.8. The second-order valence-corrected chi connectivity index (χ2v) is 8.17. The molecule has 0 unspecified atom stereocenters. The molecular weight excluding hydrogens is 316 g/mol. The molecule has 0 aliphatic carbocycles. The van der Waals surface area contributed by atoms with Crippen LogP contribution in [0.2, 0.25) is 0 Å². The van der Waals surface area contributed by atoms with Gasteiger partial charge in [0.1, 0.15) is 0 Å². The Hall–Kier alpha value is -1.91. The number of hydrogen-bond acceptors (Lipinski definition) is 3. The van der Waals surface area contributed by atoms with Crippen LogP contribution in [0, 0.1) is 5.41 Å². The van der Waals surface area contributed by atoms with Crippen LogP contribution >= 0.6 is 0 Å². The van der Waals surface area contributed by atoms with Crippen LogP contribution in [-0.4, -0.2) is 31.8 Å². The number of nitrogens with one attached hydrogen (secondary N) is 2. The van der Waals surface area contributed by atoms with Crippen molar-refractivity contribution in [1.29, 1.82) is 0 Å². The Kier molecular flexibility index (Phi) is 7.59. The van der Waals surface area contributed by atoms with Gasteiger partial charge in [0.05, 0.1) is 13.7 Å². The molecule has 1 aromatic rings. The second-order valence-electron chi connectivity index (χ2n) is 8.17. The minimum Gasteiger partial charge on any atom is -0.493 e. The van der Waals surface area contributed by atoms with Gasteiger partial charge in [-0.1, -0.05) is 26.8 Å². The summed E-state index contributed by atoms with van der Waals surface area (Å²) in [6, 6.07) is 5.72. The summed E-state index contributed by atoms with van der Waals surface area (Å²) in [7, 11) is 1.63. The molecule has 2 N–H and O–H groups in total. The summed E-state index contributed by atoms with van der Waals surface area (Å²) in [5.74, 6) is 1.46. The number of methoxy groups -OCH3 is 1. The Morgan fingerprint density at radius 3 is 2.36 bits per heavy atom. The average Bonchev–Trinajstić information content (AvgIpc) is 2.45. The van der Waals surface area contributed by atoms with Gasteiger partial charge in [-0.05, 0) is 56.7 Å². The summed E-state index contributed by atoms with van der Waals surface area (Å²) in [5, 5.41) is 5.98. The maximum absolute atomic E-state index is 12.1. The van der Waals surface area contributed by atoms with Crippen molar-refractivity contribution in [2.45, 2.75) is 59.9 Å². The molecule has 0 saturated heterocycles. The molecule has 0 saturated carbocycles. The van der Waals surface area contributed by atoms with Crippen LogP contribution in [0.25, 0.3) is 0 Å². The van der Waals surface area contributed by atoms with Crippen LogP contribution in [0.1, 0.15) is 53.5 Å². The maximum Gasteiger partial charge on any atom is 0.315 e. The molecule has 0 heterocycles. The lowest BCUT2D eigenvalue weighted by molar-refractivity contribution is 0.210. The molecule has 142 valence electrons. The van der Waals surface area contributed by atoms with E-state index in [1.165, 1.54) is 0 Å². The second kappa shape index (κ2) is 8.97. The van der Waals surface area contributed by atoms with Crippen LogP contribution in [0.15, 0.2) is 18.2 Å². The summed E-state index contributed by atoms with van der Waals surface area (Å²) in [6.45, 7) is 13.7. The Morgan fingerprint density at radius 2 is 1.80 bits per heavy atom. The molecule has 0 fully saturated rings. The number of carbonyl (C=O) groups is 1. The van der Waals surface area contributed by atoms with Gasteiger partial charge < -0.3 is 20.1 Å². The quantitative estimate of drug-likeness (QED) is 0.740. The highest BCUT2D eigenvalue weighted by Gasteiger charge is 2.26. The molecule has 0 spiro atoms. The maximum atomic E-state index is 12.1. The summed E-state index contributed by atoms with van der Waals surface area (Å²) in [6.07, 6.45) is 1.64. The molecule has 5 heteroatoms. The van der Waals surface area contributed by atoms with Gasteiger partial charge in [0.2, 0.25) is 0 Å². The van der Waals surface area contributed by atoms with Crippen molar-refractivity contribution < 1.29 is 14.3 Å². The zero-order valence-corrected chi connectivity index (χ0v) is 16.8. The van der Waals surface area contributed by atoms with Crippen molar-refractivity contribution in [3.05, 3.63) is 23.8 Å². The number of ether oxygens (including phenoxy) is 2. The van der Waals surface area contributed by atoms with E-state index >= 15 is 0 Å². The minimum absolute atomic E-state index is 0.132. The first-order valence-electron chi connectivity index (χ1n) is 8.92. The predicted molar refractivity (Wildman–Crippen MR) is 103 cm³/mol. The highest BCUT2D eigenvalue weighted by atomic mass is 16.5. The fraction of sp³-hybridized carbons (Fsp3) is 0.650. The number of urea groups is 1. The molecule has 1 aromatic carbocycles. The van der Waals surface area contributed by atoms with Gasteiger partial charge in [0.25, 0.3) is 0 Å². The fourth-order valence-corrected chi connectivity index (χ4v) is 3.18. The van der Waals surface area contributed by atoms with E-state index in [1.54, 1.807) is 7.11 Å². The lowest BCUT2D eigenvalue weighted by Crippen LogP contribution is -2.50. The average molecular weight is 351 g/mol. The molecule has 0 aliphatic rings. The molecule has 0 radical (unpaired) electrons. The Morgan fingerprint density at radius 1 is 1.12 bits per heavy atom. The number of hydrogen-bond donors (Lipinski definition) is 2. The Labute approximate surface area is 152 Å². The van der Waals surface area contributed by atoms with E-state index in [-0.39, 0.29) is 17.0 Å². The monoisotopic (exact) mass is 350 g/mol. The van der Waals surface area contributed by atoms with Gasteiger partial charge in [-0.15, -0.1) is 0 Å². The molecular formula is C20H34N2O3. The molecule has 0 atom stereocenters. The van der Waals surface area contributed by atoms with Gasteiger partial charge >= 0.3 is 6.03 Å². The third-order valence-electron chi connectivity index (χ3n) is 3.65. The number of rotatable bonds is 8. The van der Waals surface area contributed by atoms with E-state index in [0.29, 0.717) is 13.2 Å². The molecule has 2 amide bonds. The minimum atomic E-state index is -0.245. The molecule has 1 rings (SSSR count). The predicted octanol–water partition coefficient (Wildman–Crippen LogP) is 4.15. The highest BCUT2D eigenvalue weighted by molar-refractivity contribution is 5.74. The van der Waals surface area contributed by atoms with Crippen LogP contribution in [0.3, 0.4) is 0 Å². The van der Waals surface area contributed by atoms with Crippen molar-refractivity contribution >= 4 is 6.03 Å². The van der Waals surface area contributed by atoms with Crippen LogP contribution in [0.4, 0.5) is 4.79 Å². The van der Waals surface area contributed by atoms with Gasteiger partial charge in [0, 0.05) is 12.1 Å². The third-order valence-corrected chi connectivity index (χ3v) is 3.65. The molecule has 5 nitrogen and oxygen atoms in total. The third kappa shape index (κ3) is 8.14. The van der Waals surface area contributed by atoms with Gasteiger partial charge in [-0.25, -0.2) is 4.79 Å². The lowest BCUT2D eigenvalue weighted by Gasteiger charge is -2.33. The first-order valence-corrected chi connectivity index (χ1v) is 8.92. The highest BCUT2D eigenvalue weighted by Crippen LogP contribution is 2.28. The van der Waals surface area contributed by atoms with E-state index in [1.807, 2.05) is 25.1 Å². The summed E-state index contributed by atoms with van der Waals surface area (Å²) >= 11 is 0. The van der Waals surface area contributed by atoms with E-state index in [2.05, 4.69) is 45.3 Å². The van der Waals surface area contributed by atoms with Crippen molar-refractivity contribution in [2.75, 3.05) is 20.3 Å². The van der Waals surface area contributed by atoms with E-state index in [0.717, 1.165) is 29.9 Å². The first-order chi connectivity index (χ1) is 11.6. The molecule has 25 heavy (non-hydrogen) atoms. The topological polar surface area (TPSA) is 59.6 Å². The number of carbonyl (C=O) groups excluding carboxylic acids is 1. The summed E-state index contributed by atoms with van der Waals surface area (Å²) in [5.41, 5.74) is 1.01. The lowest BCUT2D eigenvalue weighted by atomic mass is 9.82. The van der Waals surface area contributed by atoms with Crippen LogP contribution in [-0.2, 0) is 6.42 Å². The Bertz CT molecular complexity index is 563. The van der Waals surface area contributed by atoms with Crippen LogP contribution in [0.5, 0.6) is 11.5 Å². The van der Waals surface area contributed by atoms with Crippen molar-refractivity contribution in [3.8, 4) is 11.5 Å². The summed E-state index contributed by atoms with van der Waals surface area (Å²) in [4.78, 5) is 12.1. The standard InChI is InChI=1S/C20H34N2O3/c1-8-25-16-10-9-15(13-17(16)24-7)11-12-21-18(23)22-20(5,6)14-19(2,3)4/h9-10,13H,8,11-12,14H2,1-7H3,(H2,21,22,23). The number of benzene rings is 1. The van der Waals surface area contributed by atoms with Gasteiger partial charge in [-0.3, -0.25) is 0 Å². The normalized spacial score (nSPS) is 11.8. The van der Waals surface area contributed by atoms with Gasteiger partial charge in [-0.2, -0.15) is 0 Å². The van der Waals surface area contributed by atoms with E-state index in [9.17, 15) is 4.79 Å². The Balaban J connectivity index is 2.50. The van der Waals surface area contributed by atoms with Gasteiger partial charge in [0.15, 0.2) is 11.5 Å². The van der Waals surface area contributed by atoms with Crippen molar-refractivity contribution in [1.82, 2.24) is 10.6 Å². The molecule has 0 aromatic heterocycles. The van der Waals surface area contributed by atoms with E-state index < -0.39 is 0 Å². The van der Waals surface area contributed by atoms with Crippen molar-refractivity contribution in [2.24, 2.45) is 5.41 Å². The fourth-order valence-electron chi connectivity index (χ4n) is 3.18. The smallest absolute Gasteiger partial charge is 0.315 e. The van der Waals surface area contributed by atoms with Crippen LogP contribution < -0.4 is 20.1 Å². The van der Waals surface area contributed by atoms with Crippen molar-refractivity contribution in [3.63, 3.8) is 0 Å². The first kappa shape index (κ1) is 21.1. The molecule has 0 bridgehead atoms. The van der Waals surface area contributed by atoms with E-state index in [4.69, 9.17) is 9.47 Å². The number of amides is 2. The largest absolute Gasteiger partial charge is 0.493 e. The zero-order chi connectivity index (χ0) is 19.1.